The highest BCUT2D eigenvalue weighted by Gasteiger charge is 2.32. The first-order valence-electron chi connectivity index (χ1n) is 11.8. The third kappa shape index (κ3) is 5.95. The fourth-order valence-electron chi connectivity index (χ4n) is 4.54. The lowest BCUT2D eigenvalue weighted by molar-refractivity contribution is 0.361. The average Bonchev–Trinajstić information content (AvgIpc) is 3.43. The molecule has 0 amide bonds. The minimum atomic E-state index is -4.39. The highest BCUT2D eigenvalue weighted by atomic mass is 35.5. The van der Waals surface area contributed by atoms with Gasteiger partial charge in [-0.05, 0) is 44.2 Å². The van der Waals surface area contributed by atoms with Gasteiger partial charge in [-0.2, -0.15) is 0 Å². The molecule has 0 radical (unpaired) electrons. The molecule has 12 heteroatoms. The van der Waals surface area contributed by atoms with Crippen molar-refractivity contribution in [2.24, 2.45) is 0 Å². The van der Waals surface area contributed by atoms with E-state index in [2.05, 4.69) is 15.6 Å². The summed E-state index contributed by atoms with van der Waals surface area (Å²) in [4.78, 5) is 3.66. The Kier molecular flexibility index (Phi) is 8.79. The number of hydrogen-bond donors (Lipinski definition) is 2. The molecule has 2 aromatic carbocycles. The predicted molar refractivity (Wildman–Crippen MR) is 145 cm³/mol. The second-order valence-corrected chi connectivity index (χ2v) is 11.8. The maximum atomic E-state index is 15.5. The maximum absolute atomic E-state index is 15.5. The van der Waals surface area contributed by atoms with E-state index in [1.807, 2.05) is 7.05 Å². The largest absolute Gasteiger partial charge is 0.497 e. The Morgan fingerprint density at radius 3 is 2.57 bits per heavy atom. The molecule has 4 rings (SSSR count). The minimum Gasteiger partial charge on any atom is -0.497 e. The number of benzene rings is 2. The van der Waals surface area contributed by atoms with Crippen LogP contribution in [0.25, 0.3) is 0 Å². The van der Waals surface area contributed by atoms with E-state index in [1.165, 1.54) is 20.4 Å². The molecule has 3 aromatic rings. The molecular formula is C25H30ClFN4O4S2. The molecule has 1 saturated carbocycles. The van der Waals surface area contributed by atoms with Crippen molar-refractivity contribution in [1.82, 2.24) is 10.3 Å². The number of nitrogens with zero attached hydrogens (tertiary/aromatic N) is 2. The molecule has 0 saturated heterocycles. The molecule has 200 valence electrons. The molecule has 1 aliphatic rings. The van der Waals surface area contributed by atoms with Gasteiger partial charge in [0.2, 0.25) is 0 Å². The van der Waals surface area contributed by atoms with Crippen LogP contribution in [-0.2, 0) is 16.6 Å². The lowest BCUT2D eigenvalue weighted by Gasteiger charge is -2.33. The lowest BCUT2D eigenvalue weighted by Crippen LogP contribution is -2.44. The number of sulfonamides is 1. The smallest absolute Gasteiger partial charge is 0.269 e. The van der Waals surface area contributed by atoms with Gasteiger partial charge in [-0.15, -0.1) is 11.3 Å². The van der Waals surface area contributed by atoms with Crippen LogP contribution >= 0.6 is 22.9 Å². The summed E-state index contributed by atoms with van der Waals surface area (Å²) in [6.45, 7) is -0.133. The molecular weight excluding hydrogens is 539 g/mol. The van der Waals surface area contributed by atoms with Crippen LogP contribution in [0.3, 0.4) is 0 Å². The van der Waals surface area contributed by atoms with E-state index in [4.69, 9.17) is 21.1 Å². The van der Waals surface area contributed by atoms with Crippen molar-refractivity contribution in [3.8, 4) is 11.5 Å². The summed E-state index contributed by atoms with van der Waals surface area (Å²) >= 11 is 7.64. The van der Waals surface area contributed by atoms with Crippen molar-refractivity contribution in [3.05, 3.63) is 58.3 Å². The molecule has 2 atom stereocenters. The van der Waals surface area contributed by atoms with Crippen LogP contribution in [0, 0.1) is 5.82 Å². The average molecular weight is 569 g/mol. The van der Waals surface area contributed by atoms with E-state index in [0.717, 1.165) is 53.5 Å². The number of halogens is 2. The number of ether oxygens (including phenoxy) is 2. The summed E-state index contributed by atoms with van der Waals surface area (Å²) in [5, 5.41) is 8.57. The van der Waals surface area contributed by atoms with E-state index in [9.17, 15) is 8.42 Å². The van der Waals surface area contributed by atoms with E-state index in [-0.39, 0.29) is 28.8 Å². The quantitative estimate of drug-likeness (QED) is 0.343. The first kappa shape index (κ1) is 27.4. The zero-order chi connectivity index (χ0) is 26.6. The standard InChI is InChI=1S/C25H30ClFN4O4S2/c1-28-20-6-4-5-7-21(20)30-22-14-19(27)24(13-18(22)26)37(32,33)31(25-29-10-11-36-25)15-16-8-9-17(34-2)12-23(16)35-3/h8-14,20-21,28,30H,4-7,15H2,1-3H3/t20-,21?/m0/s1. The zero-order valence-electron chi connectivity index (χ0n) is 20.8. The second kappa shape index (κ2) is 11.8. The van der Waals surface area contributed by atoms with Crippen LogP contribution < -0.4 is 24.4 Å². The Bertz CT molecular complexity index is 1320. The normalized spacial score (nSPS) is 17.9. The van der Waals surface area contributed by atoms with E-state index in [1.54, 1.807) is 23.6 Å². The first-order chi connectivity index (χ1) is 17.8. The summed E-state index contributed by atoms with van der Waals surface area (Å²) < 4.78 is 54.9. The fraction of sp³-hybridized carbons (Fsp3) is 0.400. The van der Waals surface area contributed by atoms with Gasteiger partial charge in [0.15, 0.2) is 5.13 Å². The van der Waals surface area contributed by atoms with E-state index in [0.29, 0.717) is 22.7 Å². The molecule has 1 heterocycles. The Balaban J connectivity index is 1.69. The van der Waals surface area contributed by atoms with Gasteiger partial charge in [0.05, 0.1) is 31.5 Å². The lowest BCUT2D eigenvalue weighted by atomic mass is 9.90. The highest BCUT2D eigenvalue weighted by molar-refractivity contribution is 7.93. The molecule has 1 fully saturated rings. The van der Waals surface area contributed by atoms with Gasteiger partial charge < -0.3 is 20.1 Å². The molecule has 1 aromatic heterocycles. The van der Waals surface area contributed by atoms with E-state index < -0.39 is 20.7 Å². The van der Waals surface area contributed by atoms with Gasteiger partial charge >= 0.3 is 0 Å². The monoisotopic (exact) mass is 568 g/mol. The SMILES string of the molecule is CN[C@H]1CCCCC1Nc1cc(F)c(S(=O)(=O)N(Cc2ccc(OC)cc2OC)c2nccs2)cc1Cl. The van der Waals surface area contributed by atoms with Crippen molar-refractivity contribution < 1.29 is 22.3 Å². The summed E-state index contributed by atoms with van der Waals surface area (Å²) in [6.07, 6.45) is 5.57. The number of likely N-dealkylation sites (N-methyl/N-ethyl adjacent to an activating group) is 1. The first-order valence-corrected chi connectivity index (χ1v) is 14.5. The number of hydrogen-bond acceptors (Lipinski definition) is 8. The third-order valence-corrected chi connectivity index (χ3v) is 9.48. The third-order valence-electron chi connectivity index (χ3n) is 6.51. The van der Waals surface area contributed by atoms with Crippen molar-refractivity contribution in [2.45, 2.75) is 49.2 Å². The summed E-state index contributed by atoms with van der Waals surface area (Å²) in [7, 11) is 0.519. The number of anilines is 2. The molecule has 8 nitrogen and oxygen atoms in total. The maximum Gasteiger partial charge on any atom is 0.269 e. The number of methoxy groups -OCH3 is 2. The van der Waals surface area contributed by atoms with Gasteiger partial charge in [-0.25, -0.2) is 22.1 Å². The van der Waals surface area contributed by atoms with Gasteiger partial charge in [-0.3, -0.25) is 0 Å². The minimum absolute atomic E-state index is 0.0625. The zero-order valence-corrected chi connectivity index (χ0v) is 23.2. The number of rotatable bonds is 10. The number of thiazole rings is 1. The molecule has 0 aliphatic heterocycles. The summed E-state index contributed by atoms with van der Waals surface area (Å²) in [5.41, 5.74) is 0.921. The van der Waals surface area contributed by atoms with Crippen LogP contribution in [0.1, 0.15) is 31.2 Å². The van der Waals surface area contributed by atoms with Crippen molar-refractivity contribution >= 4 is 43.8 Å². The molecule has 37 heavy (non-hydrogen) atoms. The van der Waals surface area contributed by atoms with Crippen molar-refractivity contribution in [2.75, 3.05) is 30.9 Å². The molecule has 2 N–H and O–H groups in total. The molecule has 1 aliphatic carbocycles. The predicted octanol–water partition coefficient (Wildman–Crippen LogP) is 5.29. The summed E-state index contributed by atoms with van der Waals surface area (Å²) in [5.74, 6) is 0.0938. The molecule has 0 bridgehead atoms. The number of nitrogens with one attached hydrogen (secondary N) is 2. The van der Waals surface area contributed by atoms with Crippen LogP contribution in [-0.4, -0.2) is 46.8 Å². The van der Waals surface area contributed by atoms with Gasteiger partial charge in [-0.1, -0.05) is 24.4 Å². The van der Waals surface area contributed by atoms with Crippen LogP contribution in [0.2, 0.25) is 5.02 Å². The Labute approximate surface area is 225 Å². The summed E-state index contributed by atoms with van der Waals surface area (Å²) in [6, 6.07) is 7.66. The number of aromatic nitrogens is 1. The Morgan fingerprint density at radius 2 is 1.92 bits per heavy atom. The Hall–Kier alpha value is -2.60. The fourth-order valence-corrected chi connectivity index (χ4v) is 7.16. The van der Waals surface area contributed by atoms with E-state index >= 15 is 4.39 Å². The molecule has 1 unspecified atom stereocenters. The van der Waals surface area contributed by atoms with Gasteiger partial charge in [0.25, 0.3) is 10.0 Å². The Morgan fingerprint density at radius 1 is 1.16 bits per heavy atom. The van der Waals surface area contributed by atoms with Crippen molar-refractivity contribution in [3.63, 3.8) is 0 Å². The van der Waals surface area contributed by atoms with Gasteiger partial charge in [0, 0.05) is 35.3 Å². The second-order valence-electron chi connectivity index (χ2n) is 8.70. The van der Waals surface area contributed by atoms with Crippen LogP contribution in [0.15, 0.2) is 46.8 Å². The topological polar surface area (TPSA) is 92.8 Å². The highest BCUT2D eigenvalue weighted by Crippen LogP contribution is 2.36. The van der Waals surface area contributed by atoms with Gasteiger partial charge in [0.1, 0.15) is 22.2 Å². The van der Waals surface area contributed by atoms with Crippen LogP contribution in [0.5, 0.6) is 11.5 Å². The van der Waals surface area contributed by atoms with Crippen molar-refractivity contribution in [1.29, 1.82) is 0 Å². The van der Waals surface area contributed by atoms with Crippen LogP contribution in [0.4, 0.5) is 15.2 Å². The molecule has 0 spiro atoms.